The predicted molar refractivity (Wildman–Crippen MR) is 97.4 cm³/mol. The van der Waals surface area contributed by atoms with Gasteiger partial charge in [-0.25, -0.2) is 31.9 Å². The van der Waals surface area contributed by atoms with Crippen molar-refractivity contribution in [3.05, 3.63) is 47.8 Å². The molecule has 28 heavy (non-hydrogen) atoms. The number of aromatic nitrogens is 2. The highest BCUT2D eigenvalue weighted by Gasteiger charge is 2.27. The number of benzene rings is 1. The van der Waals surface area contributed by atoms with Crippen LogP contribution < -0.4 is 14.2 Å². The van der Waals surface area contributed by atoms with Gasteiger partial charge in [0, 0.05) is 24.5 Å². The lowest BCUT2D eigenvalue weighted by atomic mass is 9.94. The molecule has 0 unspecified atom stereocenters. The molecule has 0 spiro atoms. The lowest BCUT2D eigenvalue weighted by molar-refractivity contribution is 0.132. The third-order valence-electron chi connectivity index (χ3n) is 4.40. The van der Waals surface area contributed by atoms with Gasteiger partial charge < -0.3 is 9.47 Å². The summed E-state index contributed by atoms with van der Waals surface area (Å²) >= 11 is 0. The van der Waals surface area contributed by atoms with E-state index in [9.17, 15) is 17.2 Å². The van der Waals surface area contributed by atoms with Crippen molar-refractivity contribution < 1.29 is 26.7 Å². The van der Waals surface area contributed by atoms with E-state index >= 15 is 0 Å². The molecule has 1 aliphatic carbocycles. The Hall–Kier alpha value is -2.33. The molecule has 2 aromatic rings. The summed E-state index contributed by atoms with van der Waals surface area (Å²) in [6.07, 6.45) is 5.29. The molecule has 1 N–H and O–H groups in total. The van der Waals surface area contributed by atoms with Gasteiger partial charge in [0.05, 0.1) is 12.9 Å². The van der Waals surface area contributed by atoms with Crippen molar-refractivity contribution in [3.8, 4) is 11.8 Å². The van der Waals surface area contributed by atoms with Crippen molar-refractivity contribution in [1.29, 1.82) is 0 Å². The zero-order chi connectivity index (χ0) is 20.1. The molecule has 0 bridgehead atoms. The molecule has 0 aliphatic heterocycles. The van der Waals surface area contributed by atoms with E-state index in [4.69, 9.17) is 9.47 Å². The maximum atomic E-state index is 13.3. The van der Waals surface area contributed by atoms with Crippen molar-refractivity contribution >= 4 is 10.0 Å². The summed E-state index contributed by atoms with van der Waals surface area (Å²) < 4.78 is 64.7. The zero-order valence-corrected chi connectivity index (χ0v) is 16.1. The highest BCUT2D eigenvalue weighted by Crippen LogP contribution is 2.27. The van der Waals surface area contributed by atoms with Crippen LogP contribution in [0.1, 0.15) is 31.2 Å². The molecule has 0 atom stereocenters. The highest BCUT2D eigenvalue weighted by molar-refractivity contribution is 7.88. The average Bonchev–Trinajstić information content (AvgIpc) is 2.62. The lowest BCUT2D eigenvalue weighted by Crippen LogP contribution is -2.40. The molecule has 152 valence electrons. The molecule has 1 saturated carbocycles. The number of ether oxygens (including phenoxy) is 2. The molecule has 3 rings (SSSR count). The number of halogens is 2. The fraction of sp³-hybridized carbons (Fsp3) is 0.444. The van der Waals surface area contributed by atoms with Crippen LogP contribution in [0.25, 0.3) is 0 Å². The minimum Gasteiger partial charge on any atom is -0.477 e. The van der Waals surface area contributed by atoms with Crippen molar-refractivity contribution in [2.24, 2.45) is 0 Å². The van der Waals surface area contributed by atoms with E-state index in [1.54, 1.807) is 0 Å². The Kier molecular flexibility index (Phi) is 6.40. The van der Waals surface area contributed by atoms with Gasteiger partial charge in [0.2, 0.25) is 10.0 Å². The van der Waals surface area contributed by atoms with Crippen molar-refractivity contribution in [2.75, 3.05) is 7.11 Å². The minimum absolute atomic E-state index is 0.0665. The van der Waals surface area contributed by atoms with Crippen LogP contribution in [0.3, 0.4) is 0 Å². The first-order valence-corrected chi connectivity index (χ1v) is 10.5. The first-order valence-electron chi connectivity index (χ1n) is 8.81. The lowest BCUT2D eigenvalue weighted by Gasteiger charge is -2.29. The first-order chi connectivity index (χ1) is 13.3. The fourth-order valence-electron chi connectivity index (χ4n) is 3.20. The van der Waals surface area contributed by atoms with Gasteiger partial charge in [-0.3, -0.25) is 0 Å². The number of nitrogens with one attached hydrogen (secondary N) is 1. The van der Waals surface area contributed by atoms with Crippen LogP contribution in [0.4, 0.5) is 8.78 Å². The first kappa shape index (κ1) is 20.4. The van der Waals surface area contributed by atoms with Crippen LogP contribution in [0.5, 0.6) is 11.8 Å². The van der Waals surface area contributed by atoms with Gasteiger partial charge >= 0.3 is 0 Å². The molecular formula is C18H21F2N3O4S. The number of nitrogens with zero attached hydrogens (tertiary/aromatic N) is 2. The average molecular weight is 413 g/mol. The zero-order valence-electron chi connectivity index (χ0n) is 15.3. The van der Waals surface area contributed by atoms with E-state index in [2.05, 4.69) is 14.7 Å². The monoisotopic (exact) mass is 413 g/mol. The minimum atomic E-state index is -3.72. The summed E-state index contributed by atoms with van der Waals surface area (Å²) in [5.74, 6) is -1.48. The van der Waals surface area contributed by atoms with Gasteiger partial charge in [-0.05, 0) is 43.4 Å². The normalized spacial score (nSPS) is 20.0. The predicted octanol–water partition coefficient (Wildman–Crippen LogP) is 2.57. The van der Waals surface area contributed by atoms with Crippen LogP contribution in [0.2, 0.25) is 0 Å². The maximum Gasteiger partial charge on any atom is 0.278 e. The number of hydrogen-bond acceptors (Lipinski definition) is 6. The number of sulfonamides is 1. The molecule has 1 fully saturated rings. The quantitative estimate of drug-likeness (QED) is 0.750. The van der Waals surface area contributed by atoms with Crippen molar-refractivity contribution in [1.82, 2.24) is 14.7 Å². The summed E-state index contributed by atoms with van der Waals surface area (Å²) in [6.45, 7) is 0. The van der Waals surface area contributed by atoms with Gasteiger partial charge in [-0.2, -0.15) is 0 Å². The van der Waals surface area contributed by atoms with E-state index in [-0.39, 0.29) is 17.7 Å². The SMILES string of the molecule is COc1nccnc1OC1CCC(NS(=O)(=O)Cc2cc(F)cc(F)c2)CC1. The van der Waals surface area contributed by atoms with Crippen LogP contribution in [-0.2, 0) is 15.8 Å². The van der Waals surface area contributed by atoms with Crippen LogP contribution in [0.15, 0.2) is 30.6 Å². The summed E-state index contributed by atoms with van der Waals surface area (Å²) in [5.41, 5.74) is 0.0665. The Balaban J connectivity index is 1.53. The Morgan fingerprint density at radius 3 is 2.25 bits per heavy atom. The van der Waals surface area contributed by atoms with E-state index in [0.29, 0.717) is 43.5 Å². The molecule has 1 heterocycles. The third-order valence-corrected chi connectivity index (χ3v) is 5.81. The van der Waals surface area contributed by atoms with Gasteiger partial charge in [0.15, 0.2) is 0 Å². The van der Waals surface area contributed by atoms with E-state index in [0.717, 1.165) is 12.1 Å². The Labute approximate surface area is 162 Å². The molecule has 0 radical (unpaired) electrons. The van der Waals surface area contributed by atoms with Crippen LogP contribution in [-0.4, -0.2) is 37.6 Å². The Morgan fingerprint density at radius 2 is 1.64 bits per heavy atom. The molecule has 1 aromatic heterocycles. The molecular weight excluding hydrogens is 392 g/mol. The van der Waals surface area contributed by atoms with E-state index < -0.39 is 27.4 Å². The second-order valence-electron chi connectivity index (χ2n) is 6.62. The molecule has 1 aliphatic rings. The van der Waals surface area contributed by atoms with Gasteiger partial charge in [0.1, 0.15) is 17.7 Å². The van der Waals surface area contributed by atoms with Crippen molar-refractivity contribution in [2.45, 2.75) is 43.6 Å². The summed E-state index contributed by atoms with van der Waals surface area (Å²) in [6, 6.07) is 2.48. The van der Waals surface area contributed by atoms with Gasteiger partial charge in [-0.1, -0.05) is 0 Å². The van der Waals surface area contributed by atoms with E-state index in [1.807, 2.05) is 0 Å². The molecule has 1 aromatic carbocycles. The topological polar surface area (TPSA) is 90.4 Å². The van der Waals surface area contributed by atoms with Gasteiger partial charge in [-0.15, -0.1) is 0 Å². The molecule has 0 saturated heterocycles. The number of hydrogen-bond donors (Lipinski definition) is 1. The maximum absolute atomic E-state index is 13.3. The number of methoxy groups -OCH3 is 1. The van der Waals surface area contributed by atoms with Crippen molar-refractivity contribution in [3.63, 3.8) is 0 Å². The summed E-state index contributed by atoms with van der Waals surface area (Å²) in [5, 5.41) is 0. The fourth-order valence-corrected chi connectivity index (χ4v) is 4.63. The highest BCUT2D eigenvalue weighted by atomic mass is 32.2. The summed E-state index contributed by atoms with van der Waals surface area (Å²) in [7, 11) is -2.24. The molecule has 10 heteroatoms. The smallest absolute Gasteiger partial charge is 0.278 e. The Morgan fingerprint density at radius 1 is 1.04 bits per heavy atom. The standard InChI is InChI=1S/C18H21F2N3O4S/c1-26-17-18(22-7-6-21-17)27-16-4-2-15(3-5-16)23-28(24,25)11-12-8-13(19)10-14(20)9-12/h6-10,15-16,23H,2-5,11H2,1H3. The number of rotatable bonds is 7. The van der Waals surface area contributed by atoms with Gasteiger partial charge in [0.25, 0.3) is 11.8 Å². The second kappa shape index (κ2) is 8.78. The molecule has 7 nitrogen and oxygen atoms in total. The summed E-state index contributed by atoms with van der Waals surface area (Å²) in [4.78, 5) is 8.12. The van der Waals surface area contributed by atoms with Crippen LogP contribution >= 0.6 is 0 Å². The van der Waals surface area contributed by atoms with E-state index in [1.165, 1.54) is 19.5 Å². The second-order valence-corrected chi connectivity index (χ2v) is 8.37. The molecule has 0 amide bonds. The third kappa shape index (κ3) is 5.59. The van der Waals surface area contributed by atoms with Crippen LogP contribution in [0, 0.1) is 11.6 Å². The largest absolute Gasteiger partial charge is 0.477 e. The Bertz CT molecular complexity index is 899.